The van der Waals surface area contributed by atoms with Crippen molar-refractivity contribution in [1.82, 2.24) is 20.3 Å². The minimum atomic E-state index is 0. The summed E-state index contributed by atoms with van der Waals surface area (Å²) in [6, 6.07) is 10.8. The van der Waals surface area contributed by atoms with Gasteiger partial charge in [-0.05, 0) is 16.5 Å². The van der Waals surface area contributed by atoms with Crippen LogP contribution in [0.25, 0.3) is 0 Å². The van der Waals surface area contributed by atoms with Crippen LogP contribution in [-0.2, 0) is 18.5 Å². The summed E-state index contributed by atoms with van der Waals surface area (Å²) in [5, 5.41) is 7.50. The standard InChI is InChI=1S/C21H31N5O.HI/c1-21(2,3)18-7-5-17(6-8-18)15-23-20(22-4)26-12-10-25(11-13-26)16-19-9-14-27-24-19;/h5-9,14H,10-13,15-16H2,1-4H3,(H,22,23);1H. The zero-order valence-corrected chi connectivity index (χ0v) is 19.6. The summed E-state index contributed by atoms with van der Waals surface area (Å²) in [4.78, 5) is 9.19. The van der Waals surface area contributed by atoms with Crippen molar-refractivity contribution in [2.24, 2.45) is 4.99 Å². The first-order valence-corrected chi connectivity index (χ1v) is 9.62. The average molecular weight is 497 g/mol. The molecule has 1 aliphatic rings. The largest absolute Gasteiger partial charge is 0.364 e. The summed E-state index contributed by atoms with van der Waals surface area (Å²) in [7, 11) is 1.85. The van der Waals surface area contributed by atoms with Gasteiger partial charge < -0.3 is 14.7 Å². The second-order valence-electron chi connectivity index (χ2n) is 8.10. The van der Waals surface area contributed by atoms with Gasteiger partial charge in [0.15, 0.2) is 5.96 Å². The maximum atomic E-state index is 4.92. The fourth-order valence-electron chi connectivity index (χ4n) is 3.30. The van der Waals surface area contributed by atoms with E-state index in [1.54, 1.807) is 6.26 Å². The van der Waals surface area contributed by atoms with Crippen molar-refractivity contribution in [3.8, 4) is 0 Å². The Bertz CT molecular complexity index is 729. The summed E-state index contributed by atoms with van der Waals surface area (Å²) < 4.78 is 4.92. The van der Waals surface area contributed by atoms with Gasteiger partial charge in [0.1, 0.15) is 6.26 Å². The Labute approximate surface area is 185 Å². The van der Waals surface area contributed by atoms with Crippen LogP contribution in [0.4, 0.5) is 0 Å². The molecule has 0 unspecified atom stereocenters. The molecule has 1 N–H and O–H groups in total. The van der Waals surface area contributed by atoms with Gasteiger partial charge in [-0.3, -0.25) is 9.89 Å². The third kappa shape index (κ3) is 6.20. The van der Waals surface area contributed by atoms with E-state index in [1.165, 1.54) is 11.1 Å². The van der Waals surface area contributed by atoms with Gasteiger partial charge in [0.25, 0.3) is 0 Å². The molecule has 2 aromatic rings. The van der Waals surface area contributed by atoms with E-state index in [0.717, 1.165) is 50.9 Å². The Morgan fingerprint density at radius 2 is 1.79 bits per heavy atom. The van der Waals surface area contributed by atoms with Gasteiger partial charge >= 0.3 is 0 Å². The van der Waals surface area contributed by atoms with Crippen LogP contribution in [0.2, 0.25) is 0 Å². The first-order chi connectivity index (χ1) is 13.0. The predicted molar refractivity (Wildman–Crippen MR) is 124 cm³/mol. The van der Waals surface area contributed by atoms with E-state index in [0.29, 0.717) is 0 Å². The molecule has 1 saturated heterocycles. The number of piperazine rings is 1. The number of aliphatic imine (C=N–C) groups is 1. The van der Waals surface area contributed by atoms with Crippen LogP contribution in [0, 0.1) is 0 Å². The molecular weight excluding hydrogens is 465 g/mol. The first kappa shape index (κ1) is 22.7. The molecule has 2 heterocycles. The monoisotopic (exact) mass is 497 g/mol. The number of rotatable bonds is 4. The lowest BCUT2D eigenvalue weighted by Crippen LogP contribution is -2.52. The van der Waals surface area contributed by atoms with Gasteiger partial charge in [0.2, 0.25) is 0 Å². The molecule has 28 heavy (non-hydrogen) atoms. The maximum absolute atomic E-state index is 4.92. The zero-order chi connectivity index (χ0) is 19.3. The molecule has 1 aromatic carbocycles. The lowest BCUT2D eigenvalue weighted by molar-refractivity contribution is 0.169. The molecule has 1 aliphatic heterocycles. The summed E-state index contributed by atoms with van der Waals surface area (Å²) in [6.45, 7) is 12.3. The van der Waals surface area contributed by atoms with Crippen LogP contribution in [0.1, 0.15) is 37.6 Å². The highest BCUT2D eigenvalue weighted by molar-refractivity contribution is 14.0. The second kappa shape index (κ2) is 10.2. The molecule has 7 heteroatoms. The topological polar surface area (TPSA) is 56.9 Å². The van der Waals surface area contributed by atoms with E-state index in [2.05, 4.69) is 70.3 Å². The summed E-state index contributed by atoms with van der Waals surface area (Å²) in [5.74, 6) is 0.969. The number of halogens is 1. The van der Waals surface area contributed by atoms with Crippen LogP contribution in [0.15, 0.2) is 46.1 Å². The van der Waals surface area contributed by atoms with Gasteiger partial charge in [0, 0.05) is 52.4 Å². The summed E-state index contributed by atoms with van der Waals surface area (Å²) in [6.07, 6.45) is 1.63. The minimum absolute atomic E-state index is 0. The number of hydrogen-bond acceptors (Lipinski definition) is 4. The van der Waals surface area contributed by atoms with Crippen molar-refractivity contribution >= 4 is 29.9 Å². The van der Waals surface area contributed by atoms with Crippen LogP contribution in [0.5, 0.6) is 0 Å². The van der Waals surface area contributed by atoms with E-state index < -0.39 is 0 Å². The molecule has 0 bridgehead atoms. The Hall–Kier alpha value is -1.61. The van der Waals surface area contributed by atoms with Crippen LogP contribution >= 0.6 is 24.0 Å². The SMILES string of the molecule is CN=C(NCc1ccc(C(C)(C)C)cc1)N1CCN(Cc2ccon2)CC1.I. The molecule has 0 amide bonds. The Morgan fingerprint density at radius 1 is 1.11 bits per heavy atom. The molecule has 0 aliphatic carbocycles. The number of nitrogens with zero attached hydrogens (tertiary/aromatic N) is 4. The minimum Gasteiger partial charge on any atom is -0.364 e. The molecular formula is C21H32IN5O. The molecule has 6 nitrogen and oxygen atoms in total. The van der Waals surface area contributed by atoms with Crippen molar-refractivity contribution in [1.29, 1.82) is 0 Å². The normalized spacial score (nSPS) is 16.0. The molecule has 0 atom stereocenters. The number of benzene rings is 1. The molecule has 0 saturated carbocycles. The molecule has 1 aromatic heterocycles. The van der Waals surface area contributed by atoms with Gasteiger partial charge in [-0.15, -0.1) is 24.0 Å². The molecule has 154 valence electrons. The van der Waals surface area contributed by atoms with Gasteiger partial charge in [-0.25, -0.2) is 0 Å². The Morgan fingerprint density at radius 3 is 2.32 bits per heavy atom. The smallest absolute Gasteiger partial charge is 0.194 e. The third-order valence-electron chi connectivity index (χ3n) is 5.03. The average Bonchev–Trinajstić information content (AvgIpc) is 3.16. The van der Waals surface area contributed by atoms with E-state index in [9.17, 15) is 0 Å². The Kier molecular flexibility index (Phi) is 8.30. The highest BCUT2D eigenvalue weighted by Crippen LogP contribution is 2.22. The molecule has 0 spiro atoms. The van der Waals surface area contributed by atoms with Crippen LogP contribution in [0.3, 0.4) is 0 Å². The fraction of sp³-hybridized carbons (Fsp3) is 0.524. The van der Waals surface area contributed by atoms with Crippen LogP contribution in [-0.4, -0.2) is 54.1 Å². The lowest BCUT2D eigenvalue weighted by Gasteiger charge is -2.36. The lowest BCUT2D eigenvalue weighted by atomic mass is 9.87. The number of guanidine groups is 1. The van der Waals surface area contributed by atoms with E-state index in [4.69, 9.17) is 4.52 Å². The number of hydrogen-bond donors (Lipinski definition) is 1. The van der Waals surface area contributed by atoms with Crippen molar-refractivity contribution in [2.45, 2.75) is 39.3 Å². The summed E-state index contributed by atoms with van der Waals surface area (Å²) >= 11 is 0. The highest BCUT2D eigenvalue weighted by atomic mass is 127. The van der Waals surface area contributed by atoms with E-state index >= 15 is 0 Å². The third-order valence-corrected chi connectivity index (χ3v) is 5.03. The fourth-order valence-corrected chi connectivity index (χ4v) is 3.30. The quantitative estimate of drug-likeness (QED) is 0.398. The van der Waals surface area contributed by atoms with Crippen molar-refractivity contribution < 1.29 is 4.52 Å². The van der Waals surface area contributed by atoms with E-state index in [-0.39, 0.29) is 29.4 Å². The van der Waals surface area contributed by atoms with Gasteiger partial charge in [0.05, 0.1) is 5.69 Å². The first-order valence-electron chi connectivity index (χ1n) is 9.62. The second-order valence-corrected chi connectivity index (χ2v) is 8.10. The van der Waals surface area contributed by atoms with Crippen molar-refractivity contribution in [2.75, 3.05) is 33.2 Å². The van der Waals surface area contributed by atoms with Gasteiger partial charge in [-0.2, -0.15) is 0 Å². The molecule has 0 radical (unpaired) electrons. The van der Waals surface area contributed by atoms with Crippen molar-refractivity contribution in [3.63, 3.8) is 0 Å². The van der Waals surface area contributed by atoms with Crippen LogP contribution < -0.4 is 5.32 Å². The maximum Gasteiger partial charge on any atom is 0.194 e. The van der Waals surface area contributed by atoms with E-state index in [1.807, 2.05) is 13.1 Å². The highest BCUT2D eigenvalue weighted by Gasteiger charge is 2.20. The molecule has 1 fully saturated rings. The number of aromatic nitrogens is 1. The predicted octanol–water partition coefficient (Wildman–Crippen LogP) is 3.48. The number of nitrogens with one attached hydrogen (secondary N) is 1. The summed E-state index contributed by atoms with van der Waals surface area (Å²) in [5.41, 5.74) is 3.81. The Balaban J connectivity index is 0.00000280. The zero-order valence-electron chi connectivity index (χ0n) is 17.3. The van der Waals surface area contributed by atoms with Gasteiger partial charge in [-0.1, -0.05) is 50.2 Å². The molecule has 3 rings (SSSR count). The van der Waals surface area contributed by atoms with Crippen molar-refractivity contribution in [3.05, 3.63) is 53.4 Å².